The van der Waals surface area contributed by atoms with Crippen molar-refractivity contribution in [2.24, 2.45) is 11.3 Å². The van der Waals surface area contributed by atoms with Crippen molar-refractivity contribution in [1.29, 1.82) is 0 Å². The Labute approximate surface area is 120 Å². The van der Waals surface area contributed by atoms with Crippen LogP contribution in [0.2, 0.25) is 0 Å². The molecule has 0 aromatic carbocycles. The van der Waals surface area contributed by atoms with Crippen LogP contribution in [0.15, 0.2) is 0 Å². The number of esters is 1. The second-order valence-corrected chi connectivity index (χ2v) is 7.86. The summed E-state index contributed by atoms with van der Waals surface area (Å²) in [5.74, 6) is 0.448. The normalized spacial score (nSPS) is 33.9. The molecule has 3 aliphatic carbocycles. The van der Waals surface area contributed by atoms with E-state index in [1.165, 1.54) is 0 Å². The van der Waals surface area contributed by atoms with Gasteiger partial charge in [-0.15, -0.1) is 0 Å². The fourth-order valence-corrected chi connectivity index (χ4v) is 3.33. The van der Waals surface area contributed by atoms with E-state index in [-0.39, 0.29) is 17.3 Å². The molecule has 0 radical (unpaired) electrons. The number of nitrogens with one attached hydrogen (secondary N) is 1. The predicted octanol–water partition coefficient (Wildman–Crippen LogP) is 2.56. The van der Waals surface area contributed by atoms with Gasteiger partial charge in [0.2, 0.25) is 5.91 Å². The summed E-state index contributed by atoms with van der Waals surface area (Å²) >= 11 is 0. The number of fused-ring (bicyclic) bond motifs is 1. The molecule has 0 atom stereocenters. The van der Waals surface area contributed by atoms with E-state index in [9.17, 15) is 9.59 Å². The number of hydrogen-bond donors (Lipinski definition) is 1. The van der Waals surface area contributed by atoms with Gasteiger partial charge in [-0.25, -0.2) is 4.79 Å². The molecule has 0 aromatic heterocycles. The maximum atomic E-state index is 12.6. The Morgan fingerprint density at radius 1 is 1.10 bits per heavy atom. The third-order valence-electron chi connectivity index (χ3n) is 4.98. The topological polar surface area (TPSA) is 55.4 Å². The zero-order chi connectivity index (χ0) is 14.6. The summed E-state index contributed by atoms with van der Waals surface area (Å²) < 4.78 is 5.57. The van der Waals surface area contributed by atoms with E-state index in [1.54, 1.807) is 0 Å². The van der Waals surface area contributed by atoms with E-state index in [0.29, 0.717) is 18.8 Å². The van der Waals surface area contributed by atoms with E-state index in [1.807, 2.05) is 20.8 Å². The Hall–Kier alpha value is -1.06. The standard InChI is InChI=1S/C16H25NO3/c1-14(2,3)20-13(19)16(7-5-4-6-8-16)17-12(18)15-9-11(15)10-15/h11H,4-10H2,1-3H3,(H,17,18). The number of ether oxygens (including phenoxy) is 1. The lowest BCUT2D eigenvalue weighted by molar-refractivity contribution is -0.166. The quantitative estimate of drug-likeness (QED) is 0.808. The van der Waals surface area contributed by atoms with Crippen LogP contribution >= 0.6 is 0 Å². The van der Waals surface area contributed by atoms with Crippen LogP contribution in [0.1, 0.15) is 65.7 Å². The van der Waals surface area contributed by atoms with Crippen molar-refractivity contribution in [3.8, 4) is 0 Å². The maximum Gasteiger partial charge on any atom is 0.332 e. The lowest BCUT2D eigenvalue weighted by Crippen LogP contribution is -2.58. The lowest BCUT2D eigenvalue weighted by Gasteiger charge is -2.38. The van der Waals surface area contributed by atoms with Crippen molar-refractivity contribution < 1.29 is 14.3 Å². The first kappa shape index (κ1) is 13.9. The molecule has 0 bridgehead atoms. The molecule has 1 amide bonds. The van der Waals surface area contributed by atoms with Crippen molar-refractivity contribution in [1.82, 2.24) is 5.32 Å². The van der Waals surface area contributed by atoms with Crippen molar-refractivity contribution in [2.75, 3.05) is 0 Å². The van der Waals surface area contributed by atoms with Gasteiger partial charge in [0.25, 0.3) is 0 Å². The minimum atomic E-state index is -0.771. The van der Waals surface area contributed by atoms with Gasteiger partial charge in [0, 0.05) is 0 Å². The van der Waals surface area contributed by atoms with E-state index >= 15 is 0 Å². The maximum absolute atomic E-state index is 12.6. The molecule has 3 aliphatic rings. The molecule has 20 heavy (non-hydrogen) atoms. The highest BCUT2D eigenvalue weighted by atomic mass is 16.6. The average Bonchev–Trinajstić information content (AvgIpc) is 3.16. The highest BCUT2D eigenvalue weighted by molar-refractivity contribution is 5.95. The van der Waals surface area contributed by atoms with E-state index < -0.39 is 11.1 Å². The monoisotopic (exact) mass is 279 g/mol. The molecular formula is C16H25NO3. The average molecular weight is 279 g/mol. The number of carbonyl (C=O) groups excluding carboxylic acids is 2. The molecular weight excluding hydrogens is 254 g/mol. The van der Waals surface area contributed by atoms with Crippen molar-refractivity contribution in [2.45, 2.75) is 76.9 Å². The van der Waals surface area contributed by atoms with Gasteiger partial charge < -0.3 is 10.1 Å². The summed E-state index contributed by atoms with van der Waals surface area (Å²) in [5.41, 5.74) is -1.37. The van der Waals surface area contributed by atoms with Gasteiger partial charge in [0.1, 0.15) is 11.1 Å². The summed E-state index contributed by atoms with van der Waals surface area (Å²) in [5, 5.41) is 3.09. The van der Waals surface area contributed by atoms with Crippen LogP contribution in [0.5, 0.6) is 0 Å². The number of carbonyl (C=O) groups is 2. The molecule has 0 spiro atoms. The first-order chi connectivity index (χ1) is 9.28. The first-order valence-corrected chi connectivity index (χ1v) is 7.84. The molecule has 112 valence electrons. The van der Waals surface area contributed by atoms with Crippen LogP contribution in [-0.2, 0) is 14.3 Å². The molecule has 0 aromatic rings. The Kier molecular flexibility index (Phi) is 2.93. The van der Waals surface area contributed by atoms with Gasteiger partial charge in [-0.1, -0.05) is 19.3 Å². The fraction of sp³-hybridized carbons (Fsp3) is 0.875. The van der Waals surface area contributed by atoms with Gasteiger partial charge >= 0.3 is 5.97 Å². The van der Waals surface area contributed by atoms with Crippen LogP contribution in [0.25, 0.3) is 0 Å². The van der Waals surface area contributed by atoms with E-state index in [4.69, 9.17) is 4.74 Å². The Morgan fingerprint density at radius 2 is 1.65 bits per heavy atom. The highest BCUT2D eigenvalue weighted by Crippen LogP contribution is 2.75. The summed E-state index contributed by atoms with van der Waals surface area (Å²) in [7, 11) is 0. The summed E-state index contributed by atoms with van der Waals surface area (Å²) in [6.45, 7) is 5.62. The van der Waals surface area contributed by atoms with Crippen LogP contribution in [0.4, 0.5) is 0 Å². The van der Waals surface area contributed by atoms with Crippen molar-refractivity contribution in [3.05, 3.63) is 0 Å². The molecule has 4 heteroatoms. The molecule has 0 unspecified atom stereocenters. The third-order valence-corrected chi connectivity index (χ3v) is 4.98. The molecule has 0 heterocycles. The minimum Gasteiger partial charge on any atom is -0.458 e. The number of hydrogen-bond acceptors (Lipinski definition) is 3. The molecule has 3 fully saturated rings. The summed E-state index contributed by atoms with van der Waals surface area (Å²) in [6.07, 6.45) is 6.56. The Balaban J connectivity index is 1.73. The second kappa shape index (κ2) is 4.22. The molecule has 4 nitrogen and oxygen atoms in total. The Morgan fingerprint density at radius 3 is 2.10 bits per heavy atom. The van der Waals surface area contributed by atoms with Crippen molar-refractivity contribution >= 4 is 11.9 Å². The SMILES string of the molecule is CC(C)(C)OC(=O)C1(NC(=O)C23CC2C3)CCCCC1. The molecule has 0 saturated heterocycles. The predicted molar refractivity (Wildman–Crippen MR) is 75.0 cm³/mol. The summed E-state index contributed by atoms with van der Waals surface area (Å²) in [4.78, 5) is 25.0. The molecule has 3 saturated carbocycles. The van der Waals surface area contributed by atoms with E-state index in [0.717, 1.165) is 32.1 Å². The van der Waals surface area contributed by atoms with Gasteiger partial charge in [-0.05, 0) is 52.4 Å². The number of rotatable bonds is 3. The fourth-order valence-electron chi connectivity index (χ4n) is 3.33. The zero-order valence-electron chi connectivity index (χ0n) is 12.8. The molecule has 3 rings (SSSR count). The molecule has 1 N–H and O–H groups in total. The third kappa shape index (κ3) is 2.33. The van der Waals surface area contributed by atoms with Gasteiger partial charge in [-0.3, -0.25) is 4.79 Å². The zero-order valence-corrected chi connectivity index (χ0v) is 12.8. The molecule has 0 aliphatic heterocycles. The first-order valence-electron chi connectivity index (χ1n) is 7.84. The number of amides is 1. The van der Waals surface area contributed by atoms with Crippen molar-refractivity contribution in [3.63, 3.8) is 0 Å². The second-order valence-electron chi connectivity index (χ2n) is 7.86. The highest BCUT2D eigenvalue weighted by Gasteiger charge is 2.75. The van der Waals surface area contributed by atoms with Gasteiger partial charge in [0.15, 0.2) is 0 Å². The van der Waals surface area contributed by atoms with Crippen LogP contribution < -0.4 is 5.32 Å². The van der Waals surface area contributed by atoms with Crippen LogP contribution in [0, 0.1) is 11.3 Å². The lowest BCUT2D eigenvalue weighted by atomic mass is 9.81. The smallest absolute Gasteiger partial charge is 0.332 e. The summed E-state index contributed by atoms with van der Waals surface area (Å²) in [6, 6.07) is 0. The van der Waals surface area contributed by atoms with E-state index in [2.05, 4.69) is 5.32 Å². The minimum absolute atomic E-state index is 0.0908. The Bertz CT molecular complexity index is 437. The van der Waals surface area contributed by atoms with Gasteiger partial charge in [-0.2, -0.15) is 0 Å². The largest absolute Gasteiger partial charge is 0.458 e. The van der Waals surface area contributed by atoms with Crippen LogP contribution in [-0.4, -0.2) is 23.0 Å². The van der Waals surface area contributed by atoms with Crippen LogP contribution in [0.3, 0.4) is 0 Å². The van der Waals surface area contributed by atoms with Gasteiger partial charge in [0.05, 0.1) is 5.41 Å².